The molecule has 0 aliphatic heterocycles. The number of benzene rings is 2. The van der Waals surface area contributed by atoms with Gasteiger partial charge in [-0.25, -0.2) is 0 Å². The van der Waals surface area contributed by atoms with Gasteiger partial charge in [0.2, 0.25) is 0 Å². The summed E-state index contributed by atoms with van der Waals surface area (Å²) in [7, 11) is 0. The number of carbonyl (C=O) groups is 1. The molecule has 0 atom stereocenters. The third-order valence-corrected chi connectivity index (χ3v) is 3.14. The van der Waals surface area contributed by atoms with Crippen molar-refractivity contribution in [1.29, 1.82) is 0 Å². The highest BCUT2D eigenvalue weighted by atomic mass is 16.1. The molecule has 1 amide bonds. The Bertz CT molecular complexity index is 706. The van der Waals surface area contributed by atoms with Gasteiger partial charge in [0.25, 0.3) is 5.91 Å². The quantitative estimate of drug-likeness (QED) is 0.796. The number of nitrogens with zero attached hydrogens (tertiary/aromatic N) is 3. The lowest BCUT2D eigenvalue weighted by Gasteiger charge is -2.06. The van der Waals surface area contributed by atoms with Crippen LogP contribution in [0.15, 0.2) is 67.3 Å². The first-order valence-electron chi connectivity index (χ1n) is 6.60. The lowest BCUT2D eigenvalue weighted by Crippen LogP contribution is -2.22. The molecule has 0 saturated carbocycles. The molecular formula is C16H14N4O. The first-order valence-corrected chi connectivity index (χ1v) is 6.60. The van der Waals surface area contributed by atoms with Crippen molar-refractivity contribution in [2.75, 3.05) is 0 Å². The molecule has 0 bridgehead atoms. The van der Waals surface area contributed by atoms with Crippen molar-refractivity contribution in [1.82, 2.24) is 20.1 Å². The van der Waals surface area contributed by atoms with Crippen LogP contribution < -0.4 is 5.32 Å². The maximum Gasteiger partial charge on any atom is 0.251 e. The Morgan fingerprint density at radius 2 is 1.62 bits per heavy atom. The monoisotopic (exact) mass is 278 g/mol. The fraction of sp³-hybridized carbons (Fsp3) is 0.0625. The third kappa shape index (κ3) is 3.14. The number of carbonyl (C=O) groups excluding carboxylic acids is 1. The van der Waals surface area contributed by atoms with E-state index in [1.54, 1.807) is 29.4 Å². The van der Waals surface area contributed by atoms with Crippen molar-refractivity contribution in [3.05, 3.63) is 78.4 Å². The van der Waals surface area contributed by atoms with Crippen LogP contribution in [0.25, 0.3) is 5.69 Å². The standard InChI is InChI=1S/C16H14N4O/c21-16(17-10-13-4-2-1-3-5-13)14-6-8-15(9-7-14)20-11-18-19-12-20/h1-9,11-12H,10H2,(H,17,21). The molecule has 21 heavy (non-hydrogen) atoms. The predicted octanol–water partition coefficient (Wildman–Crippen LogP) is 2.20. The smallest absolute Gasteiger partial charge is 0.251 e. The van der Waals surface area contributed by atoms with Crippen LogP contribution >= 0.6 is 0 Å². The van der Waals surface area contributed by atoms with Gasteiger partial charge >= 0.3 is 0 Å². The van der Waals surface area contributed by atoms with Gasteiger partial charge < -0.3 is 5.32 Å². The van der Waals surface area contributed by atoms with Crippen LogP contribution in [-0.4, -0.2) is 20.7 Å². The molecule has 5 heteroatoms. The summed E-state index contributed by atoms with van der Waals surface area (Å²) < 4.78 is 1.78. The fourth-order valence-electron chi connectivity index (χ4n) is 2.00. The van der Waals surface area contributed by atoms with E-state index in [4.69, 9.17) is 0 Å². The Morgan fingerprint density at radius 1 is 0.952 bits per heavy atom. The molecular weight excluding hydrogens is 264 g/mol. The molecule has 1 heterocycles. The molecule has 3 rings (SSSR count). The van der Waals surface area contributed by atoms with Crippen molar-refractivity contribution in [3.8, 4) is 5.69 Å². The second-order valence-corrected chi connectivity index (χ2v) is 4.58. The Balaban J connectivity index is 1.65. The van der Waals surface area contributed by atoms with Gasteiger partial charge in [0.05, 0.1) is 0 Å². The number of hydrogen-bond acceptors (Lipinski definition) is 3. The van der Waals surface area contributed by atoms with Gasteiger partial charge in [0.15, 0.2) is 0 Å². The predicted molar refractivity (Wildman–Crippen MR) is 79.0 cm³/mol. The first-order chi connectivity index (χ1) is 10.3. The average Bonchev–Trinajstić information content (AvgIpc) is 3.08. The van der Waals surface area contributed by atoms with E-state index in [1.165, 1.54) is 0 Å². The number of hydrogen-bond donors (Lipinski definition) is 1. The molecule has 0 spiro atoms. The van der Waals surface area contributed by atoms with E-state index in [9.17, 15) is 4.79 Å². The Morgan fingerprint density at radius 3 is 2.29 bits per heavy atom. The molecule has 0 saturated heterocycles. The minimum Gasteiger partial charge on any atom is -0.348 e. The molecule has 1 aromatic heterocycles. The molecule has 0 radical (unpaired) electrons. The van der Waals surface area contributed by atoms with E-state index >= 15 is 0 Å². The van der Waals surface area contributed by atoms with E-state index < -0.39 is 0 Å². The topological polar surface area (TPSA) is 59.8 Å². The van der Waals surface area contributed by atoms with Crippen LogP contribution in [0.2, 0.25) is 0 Å². The number of amides is 1. The lowest BCUT2D eigenvalue weighted by molar-refractivity contribution is 0.0951. The number of aromatic nitrogens is 3. The van der Waals surface area contributed by atoms with Gasteiger partial charge in [-0.05, 0) is 29.8 Å². The lowest BCUT2D eigenvalue weighted by atomic mass is 10.1. The minimum atomic E-state index is -0.0887. The van der Waals surface area contributed by atoms with Crippen LogP contribution in [0.1, 0.15) is 15.9 Å². The third-order valence-electron chi connectivity index (χ3n) is 3.14. The Labute approximate surface area is 122 Å². The molecule has 1 N–H and O–H groups in total. The van der Waals surface area contributed by atoms with Crippen LogP contribution in [0.5, 0.6) is 0 Å². The van der Waals surface area contributed by atoms with Gasteiger partial charge in [-0.15, -0.1) is 10.2 Å². The van der Waals surface area contributed by atoms with Crippen molar-refractivity contribution in [2.24, 2.45) is 0 Å². The molecule has 2 aromatic carbocycles. The van der Waals surface area contributed by atoms with Crippen LogP contribution in [0.3, 0.4) is 0 Å². The summed E-state index contributed by atoms with van der Waals surface area (Å²) in [5.41, 5.74) is 2.62. The average molecular weight is 278 g/mol. The molecule has 0 aliphatic carbocycles. The van der Waals surface area contributed by atoms with Gasteiger partial charge in [-0.3, -0.25) is 9.36 Å². The Kier molecular flexibility index (Phi) is 3.73. The summed E-state index contributed by atoms with van der Waals surface area (Å²) in [5.74, 6) is -0.0887. The first kappa shape index (κ1) is 13.1. The molecule has 0 unspecified atom stereocenters. The van der Waals surface area contributed by atoms with Crippen molar-refractivity contribution < 1.29 is 4.79 Å². The van der Waals surface area contributed by atoms with E-state index in [0.29, 0.717) is 12.1 Å². The minimum absolute atomic E-state index is 0.0887. The van der Waals surface area contributed by atoms with E-state index in [0.717, 1.165) is 11.3 Å². The summed E-state index contributed by atoms with van der Waals surface area (Å²) in [6, 6.07) is 17.1. The zero-order valence-electron chi connectivity index (χ0n) is 11.3. The highest BCUT2D eigenvalue weighted by Gasteiger charge is 2.05. The number of nitrogens with one attached hydrogen (secondary N) is 1. The highest BCUT2D eigenvalue weighted by Crippen LogP contribution is 2.09. The highest BCUT2D eigenvalue weighted by molar-refractivity contribution is 5.94. The van der Waals surface area contributed by atoms with Crippen molar-refractivity contribution in [2.45, 2.75) is 6.54 Å². The SMILES string of the molecule is O=C(NCc1ccccc1)c1ccc(-n2cnnc2)cc1. The molecule has 3 aromatic rings. The summed E-state index contributed by atoms with van der Waals surface area (Å²) in [5, 5.41) is 10.4. The van der Waals surface area contributed by atoms with Crippen LogP contribution in [0.4, 0.5) is 0 Å². The second kappa shape index (κ2) is 6.00. The zero-order valence-corrected chi connectivity index (χ0v) is 11.3. The normalized spacial score (nSPS) is 10.3. The second-order valence-electron chi connectivity index (χ2n) is 4.58. The van der Waals surface area contributed by atoms with Gasteiger partial charge in [-0.1, -0.05) is 30.3 Å². The summed E-state index contributed by atoms with van der Waals surface area (Å²) in [4.78, 5) is 12.1. The molecule has 0 aliphatic rings. The van der Waals surface area contributed by atoms with Gasteiger partial charge in [-0.2, -0.15) is 0 Å². The van der Waals surface area contributed by atoms with E-state index in [2.05, 4.69) is 15.5 Å². The summed E-state index contributed by atoms with van der Waals surface area (Å²) >= 11 is 0. The number of rotatable bonds is 4. The summed E-state index contributed by atoms with van der Waals surface area (Å²) in [6.07, 6.45) is 3.23. The summed E-state index contributed by atoms with van der Waals surface area (Å²) in [6.45, 7) is 0.521. The Hall–Kier alpha value is -2.95. The molecule has 5 nitrogen and oxygen atoms in total. The maximum absolute atomic E-state index is 12.1. The van der Waals surface area contributed by atoms with Gasteiger partial charge in [0, 0.05) is 17.8 Å². The van der Waals surface area contributed by atoms with Gasteiger partial charge in [0.1, 0.15) is 12.7 Å². The zero-order chi connectivity index (χ0) is 14.5. The fourth-order valence-corrected chi connectivity index (χ4v) is 2.00. The van der Waals surface area contributed by atoms with Crippen molar-refractivity contribution in [3.63, 3.8) is 0 Å². The molecule has 104 valence electrons. The molecule has 0 fully saturated rings. The maximum atomic E-state index is 12.1. The van der Waals surface area contributed by atoms with E-state index in [1.807, 2.05) is 42.5 Å². The largest absolute Gasteiger partial charge is 0.348 e. The van der Waals surface area contributed by atoms with Crippen LogP contribution in [-0.2, 0) is 6.54 Å². The van der Waals surface area contributed by atoms with Crippen molar-refractivity contribution >= 4 is 5.91 Å². The van der Waals surface area contributed by atoms with E-state index in [-0.39, 0.29) is 5.91 Å². The van der Waals surface area contributed by atoms with Crippen LogP contribution in [0, 0.1) is 0 Å².